The topological polar surface area (TPSA) is 47.6 Å². The van der Waals surface area contributed by atoms with Gasteiger partial charge in [0, 0.05) is 35.3 Å². The zero-order valence-corrected chi connectivity index (χ0v) is 32.5. The second-order valence-corrected chi connectivity index (χ2v) is 21.3. The molecule has 1 N–H and O–H groups in total. The van der Waals surface area contributed by atoms with E-state index in [0.717, 1.165) is 53.1 Å². The molecule has 1 aliphatic heterocycles. The summed E-state index contributed by atoms with van der Waals surface area (Å²) in [5.41, 5.74) is 5.35. The summed E-state index contributed by atoms with van der Waals surface area (Å²) in [6, 6.07) is 22.9. The molecule has 3 aromatic rings. The molecule has 0 spiro atoms. The summed E-state index contributed by atoms with van der Waals surface area (Å²) in [5.74, 6) is 1.62. The average molecular weight is 670 g/mol. The molecular weight excluding hydrogens is 607 g/mol. The predicted octanol–water partition coefficient (Wildman–Crippen LogP) is 12.7. The van der Waals surface area contributed by atoms with Crippen molar-refractivity contribution >= 4 is 19.9 Å². The summed E-state index contributed by atoms with van der Waals surface area (Å²) in [6.45, 7) is 20.7. The van der Waals surface area contributed by atoms with Crippen LogP contribution in [0.25, 0.3) is 0 Å². The average Bonchev–Trinajstić information content (AvgIpc) is 3.01. The molecule has 1 aliphatic rings. The van der Waals surface area contributed by atoms with Gasteiger partial charge in [-0.15, -0.1) is 0 Å². The van der Waals surface area contributed by atoms with Crippen LogP contribution in [0.4, 0.5) is 5.69 Å². The van der Waals surface area contributed by atoms with Crippen molar-refractivity contribution in [2.24, 2.45) is 0 Å². The second-order valence-electron chi connectivity index (χ2n) is 16.6. The molecular formula is C43H63NO3Si. The summed E-state index contributed by atoms with van der Waals surface area (Å²) in [7, 11) is -1.90. The Morgan fingerprint density at radius 1 is 0.812 bits per heavy atom. The lowest BCUT2D eigenvalue weighted by Gasteiger charge is -2.39. The van der Waals surface area contributed by atoms with Crippen molar-refractivity contribution < 1.29 is 14.0 Å². The zero-order chi connectivity index (χ0) is 35.0. The molecule has 0 saturated carbocycles. The minimum absolute atomic E-state index is 0.0206. The molecule has 0 bridgehead atoms. The van der Waals surface area contributed by atoms with Crippen LogP contribution in [0.1, 0.15) is 141 Å². The predicted molar refractivity (Wildman–Crippen MR) is 206 cm³/mol. The number of nitrogens with one attached hydrogen (secondary N) is 1. The number of aryl methyl sites for hydroxylation is 1. The maximum Gasteiger partial charge on any atom is 0.225 e. The fourth-order valence-electron chi connectivity index (χ4n) is 6.63. The number of benzene rings is 3. The van der Waals surface area contributed by atoms with Crippen LogP contribution in [0, 0.1) is 0 Å². The molecule has 0 fully saturated rings. The molecule has 1 amide bonds. The van der Waals surface area contributed by atoms with Gasteiger partial charge in [-0.3, -0.25) is 4.79 Å². The number of hydrogen-bond acceptors (Lipinski definition) is 3. The minimum atomic E-state index is -1.90. The summed E-state index contributed by atoms with van der Waals surface area (Å²) in [5, 5.41) is 3.55. The molecule has 0 aliphatic carbocycles. The Hall–Kier alpha value is -2.89. The van der Waals surface area contributed by atoms with E-state index in [-0.39, 0.29) is 28.4 Å². The first kappa shape index (κ1) is 37.9. The minimum Gasteiger partial charge on any atom is -0.457 e. The van der Waals surface area contributed by atoms with E-state index in [0.29, 0.717) is 6.42 Å². The highest BCUT2D eigenvalue weighted by atomic mass is 28.4. The Labute approximate surface area is 293 Å². The smallest absolute Gasteiger partial charge is 0.225 e. The van der Waals surface area contributed by atoms with E-state index < -0.39 is 8.32 Å². The lowest BCUT2D eigenvalue weighted by molar-refractivity contribution is -0.116. The van der Waals surface area contributed by atoms with Gasteiger partial charge < -0.3 is 14.5 Å². The summed E-state index contributed by atoms with van der Waals surface area (Å²) in [4.78, 5) is 13.9. The van der Waals surface area contributed by atoms with Crippen LogP contribution in [0.2, 0.25) is 18.1 Å². The van der Waals surface area contributed by atoms with Gasteiger partial charge in [0.25, 0.3) is 0 Å². The van der Waals surface area contributed by atoms with Crippen LogP contribution < -0.4 is 10.1 Å². The van der Waals surface area contributed by atoms with Gasteiger partial charge in [0.05, 0.1) is 0 Å². The van der Waals surface area contributed by atoms with Crippen LogP contribution in [-0.2, 0) is 21.1 Å². The van der Waals surface area contributed by atoms with Gasteiger partial charge in [0.15, 0.2) is 8.32 Å². The Bertz CT molecular complexity index is 1440. The van der Waals surface area contributed by atoms with Crippen molar-refractivity contribution in [2.45, 2.75) is 155 Å². The van der Waals surface area contributed by atoms with Gasteiger partial charge in [-0.05, 0) is 72.1 Å². The number of carbonyl (C=O) groups is 1. The normalized spacial score (nSPS) is 14.2. The van der Waals surface area contributed by atoms with Gasteiger partial charge in [-0.25, -0.2) is 0 Å². The van der Waals surface area contributed by atoms with E-state index in [4.69, 9.17) is 9.16 Å². The van der Waals surface area contributed by atoms with Crippen LogP contribution in [-0.4, -0.2) is 20.3 Å². The highest BCUT2D eigenvalue weighted by Gasteiger charge is 2.39. The van der Waals surface area contributed by atoms with Gasteiger partial charge in [-0.1, -0.05) is 142 Å². The lowest BCUT2D eigenvalue weighted by Crippen LogP contribution is -2.44. The highest BCUT2D eigenvalue weighted by Crippen LogP contribution is 2.45. The molecule has 1 unspecified atom stereocenters. The molecule has 0 aromatic heterocycles. The Morgan fingerprint density at radius 3 is 1.98 bits per heavy atom. The third kappa shape index (κ3) is 10.3. The van der Waals surface area contributed by atoms with Crippen LogP contribution in [0.3, 0.4) is 0 Å². The molecule has 1 heterocycles. The fourth-order valence-corrected chi connectivity index (χ4v) is 8.05. The number of para-hydroxylation sites is 2. The number of anilines is 1. The first-order valence-corrected chi connectivity index (χ1v) is 21.6. The van der Waals surface area contributed by atoms with Crippen molar-refractivity contribution in [1.82, 2.24) is 0 Å². The van der Waals surface area contributed by atoms with Crippen LogP contribution in [0.5, 0.6) is 11.5 Å². The number of carbonyl (C=O) groups excluding carboxylic acids is 1. The molecule has 48 heavy (non-hydrogen) atoms. The summed E-state index contributed by atoms with van der Waals surface area (Å²) < 4.78 is 13.2. The molecule has 3 aromatic carbocycles. The van der Waals surface area contributed by atoms with Gasteiger partial charge in [-0.2, -0.15) is 0 Å². The Morgan fingerprint density at radius 2 is 1.40 bits per heavy atom. The molecule has 4 nitrogen and oxygen atoms in total. The maximum atomic E-state index is 13.9. The second kappa shape index (κ2) is 16.7. The molecule has 1 atom stereocenters. The first-order valence-electron chi connectivity index (χ1n) is 18.7. The van der Waals surface area contributed by atoms with Gasteiger partial charge in [0.2, 0.25) is 5.91 Å². The third-order valence-corrected chi connectivity index (χ3v) is 15.1. The van der Waals surface area contributed by atoms with Gasteiger partial charge in [0.1, 0.15) is 11.5 Å². The van der Waals surface area contributed by atoms with Crippen molar-refractivity contribution in [2.75, 3.05) is 5.32 Å². The van der Waals surface area contributed by atoms with Crippen LogP contribution in [0.15, 0.2) is 66.7 Å². The van der Waals surface area contributed by atoms with Crippen molar-refractivity contribution in [3.63, 3.8) is 0 Å². The lowest BCUT2D eigenvalue weighted by atomic mass is 9.84. The number of ether oxygens (including phenoxy) is 1. The fraction of sp³-hybridized carbons (Fsp3) is 0.558. The first-order chi connectivity index (χ1) is 22.7. The molecule has 4 rings (SSSR count). The third-order valence-electron chi connectivity index (χ3n) is 10.5. The van der Waals surface area contributed by atoms with Crippen LogP contribution >= 0.6 is 0 Å². The number of rotatable bonds is 16. The number of hydrogen-bond donors (Lipinski definition) is 1. The maximum absolute atomic E-state index is 13.9. The van der Waals surface area contributed by atoms with E-state index in [9.17, 15) is 4.79 Å². The zero-order valence-electron chi connectivity index (χ0n) is 31.5. The Balaban J connectivity index is 1.49. The Kier molecular flexibility index (Phi) is 13.2. The van der Waals surface area contributed by atoms with E-state index in [1.165, 1.54) is 50.5 Å². The SMILES string of the molecule is CCCCCCCCCC(CCc1ccc(C(C)(C)C)c(NC(=O)CC2c3ccccc3Oc3ccccc32)c1)O[Si](C)(C)C(C)(C)C. The molecule has 5 heteroatoms. The molecule has 0 saturated heterocycles. The molecule has 262 valence electrons. The van der Waals surface area contributed by atoms with Crippen molar-refractivity contribution in [1.29, 1.82) is 0 Å². The summed E-state index contributed by atoms with van der Waals surface area (Å²) >= 11 is 0. The van der Waals surface area contributed by atoms with E-state index in [2.05, 4.69) is 97.2 Å². The largest absolute Gasteiger partial charge is 0.457 e. The van der Waals surface area contributed by atoms with E-state index >= 15 is 0 Å². The highest BCUT2D eigenvalue weighted by molar-refractivity contribution is 6.74. The number of unbranched alkanes of at least 4 members (excludes halogenated alkanes) is 6. The van der Waals surface area contributed by atoms with Gasteiger partial charge >= 0.3 is 0 Å². The number of fused-ring (bicyclic) bond motifs is 2. The monoisotopic (exact) mass is 669 g/mol. The quantitative estimate of drug-likeness (QED) is 0.122. The standard InChI is InChI=1S/C43H63NO3Si/c1-10-11-12-13-14-15-16-21-33(47-48(8,9)43(5,6)7)28-26-32-27-29-37(42(2,3)4)38(30-32)44-41(45)31-36-34-22-17-19-24-39(34)46-40-25-20-18-23-35(36)40/h17-20,22-25,27,29-30,33,36H,10-16,21,26,28,31H2,1-9H3,(H,44,45). The van der Waals surface area contributed by atoms with E-state index in [1.54, 1.807) is 0 Å². The summed E-state index contributed by atoms with van der Waals surface area (Å²) in [6.07, 6.45) is 12.9. The van der Waals surface area contributed by atoms with Crippen molar-refractivity contribution in [3.8, 4) is 11.5 Å². The number of amides is 1. The molecule has 0 radical (unpaired) electrons. The van der Waals surface area contributed by atoms with E-state index in [1.807, 2.05) is 36.4 Å². The van der Waals surface area contributed by atoms with Crippen molar-refractivity contribution in [3.05, 3.63) is 89.0 Å².